The number of aromatic nitrogens is 2. The van der Waals surface area contributed by atoms with Crippen molar-refractivity contribution < 1.29 is 9.31 Å². The van der Waals surface area contributed by atoms with Crippen LogP contribution in [0.4, 0.5) is 16.0 Å². The van der Waals surface area contributed by atoms with Crippen molar-refractivity contribution in [2.45, 2.75) is 13.3 Å². The summed E-state index contributed by atoms with van der Waals surface area (Å²) in [7, 11) is 1.69. The lowest BCUT2D eigenvalue weighted by Gasteiger charge is -2.08. The molecular weight excluding hydrogens is 263 g/mol. The van der Waals surface area contributed by atoms with Crippen LogP contribution in [-0.2, 0) is 13.5 Å². The number of nitrogens with one attached hydrogen (secondary N) is 1. The van der Waals surface area contributed by atoms with E-state index in [0.29, 0.717) is 18.8 Å². The van der Waals surface area contributed by atoms with Crippen molar-refractivity contribution in [1.82, 2.24) is 9.55 Å². The van der Waals surface area contributed by atoms with E-state index in [1.165, 1.54) is 18.5 Å². The second-order valence-corrected chi connectivity index (χ2v) is 4.53. The lowest BCUT2D eigenvalue weighted by Crippen LogP contribution is -2.10. The highest BCUT2D eigenvalue weighted by Crippen LogP contribution is 2.21. The van der Waals surface area contributed by atoms with E-state index >= 15 is 0 Å². The molecule has 0 aliphatic carbocycles. The van der Waals surface area contributed by atoms with E-state index in [-0.39, 0.29) is 11.6 Å². The number of benzene rings is 1. The van der Waals surface area contributed by atoms with Crippen LogP contribution in [0, 0.1) is 22.9 Å². The molecule has 1 heterocycles. The third kappa shape index (κ3) is 2.93. The Balaban J connectivity index is 2.03. The second kappa shape index (κ2) is 5.68. The standard InChI is InChI=1S/C13H15FN4O2/c1-9-7-11(14)4-3-10(9)5-6-15-12-13(18(19)20)16-8-17(12)2/h3-4,7-8,15H,5-6H2,1-2H3. The van der Waals surface area contributed by atoms with Gasteiger partial charge in [0.05, 0.1) is 0 Å². The minimum atomic E-state index is -0.522. The monoisotopic (exact) mass is 278 g/mol. The number of halogens is 1. The fraction of sp³-hybridized carbons (Fsp3) is 0.308. The van der Waals surface area contributed by atoms with Gasteiger partial charge in [-0.3, -0.25) is 4.57 Å². The zero-order valence-corrected chi connectivity index (χ0v) is 11.3. The van der Waals surface area contributed by atoms with Gasteiger partial charge in [-0.1, -0.05) is 6.07 Å². The van der Waals surface area contributed by atoms with Crippen LogP contribution >= 0.6 is 0 Å². The molecule has 7 heteroatoms. The molecule has 1 N–H and O–H groups in total. The second-order valence-electron chi connectivity index (χ2n) is 4.53. The molecule has 1 aromatic heterocycles. The number of anilines is 1. The molecular formula is C13H15FN4O2. The van der Waals surface area contributed by atoms with E-state index < -0.39 is 4.92 Å². The van der Waals surface area contributed by atoms with E-state index in [4.69, 9.17) is 0 Å². The van der Waals surface area contributed by atoms with Gasteiger partial charge in [0.2, 0.25) is 12.1 Å². The molecule has 0 amide bonds. The van der Waals surface area contributed by atoms with Gasteiger partial charge in [0.15, 0.2) is 0 Å². The zero-order valence-electron chi connectivity index (χ0n) is 11.3. The van der Waals surface area contributed by atoms with Crippen molar-refractivity contribution in [3.05, 3.63) is 51.6 Å². The Bertz CT molecular complexity index is 639. The molecule has 2 rings (SSSR count). The minimum Gasteiger partial charge on any atom is -0.364 e. The van der Waals surface area contributed by atoms with Crippen LogP contribution in [0.3, 0.4) is 0 Å². The highest BCUT2D eigenvalue weighted by Gasteiger charge is 2.19. The van der Waals surface area contributed by atoms with E-state index in [1.807, 2.05) is 6.92 Å². The van der Waals surface area contributed by atoms with Crippen LogP contribution in [0.15, 0.2) is 24.5 Å². The summed E-state index contributed by atoms with van der Waals surface area (Å²) in [5, 5.41) is 13.8. The average Bonchev–Trinajstić information content (AvgIpc) is 2.74. The molecule has 0 aliphatic heterocycles. The fourth-order valence-corrected chi connectivity index (χ4v) is 2.01. The largest absolute Gasteiger partial charge is 0.406 e. The molecule has 0 aliphatic rings. The molecule has 0 fully saturated rings. The number of nitrogens with zero attached hydrogens (tertiary/aromatic N) is 3. The Morgan fingerprint density at radius 2 is 2.25 bits per heavy atom. The summed E-state index contributed by atoms with van der Waals surface area (Å²) in [4.78, 5) is 14.0. The first-order valence-corrected chi connectivity index (χ1v) is 6.13. The van der Waals surface area contributed by atoms with E-state index in [1.54, 1.807) is 17.7 Å². The van der Waals surface area contributed by atoms with Crippen molar-refractivity contribution >= 4 is 11.6 Å². The first kappa shape index (κ1) is 14.0. The molecule has 0 bridgehead atoms. The molecule has 20 heavy (non-hydrogen) atoms. The highest BCUT2D eigenvalue weighted by molar-refractivity contribution is 5.52. The molecule has 0 spiro atoms. The van der Waals surface area contributed by atoms with Crippen LogP contribution in [0.1, 0.15) is 11.1 Å². The highest BCUT2D eigenvalue weighted by atomic mass is 19.1. The van der Waals surface area contributed by atoms with Crippen LogP contribution in [0.25, 0.3) is 0 Å². The lowest BCUT2D eigenvalue weighted by molar-refractivity contribution is -0.388. The SMILES string of the molecule is Cc1cc(F)ccc1CCNc1c([N+](=O)[O-])ncn1C. The van der Waals surface area contributed by atoms with Gasteiger partial charge >= 0.3 is 5.82 Å². The van der Waals surface area contributed by atoms with Crippen LogP contribution < -0.4 is 5.32 Å². The third-order valence-electron chi connectivity index (χ3n) is 3.08. The maximum absolute atomic E-state index is 13.0. The van der Waals surface area contributed by atoms with Crippen molar-refractivity contribution in [2.75, 3.05) is 11.9 Å². The Hall–Kier alpha value is -2.44. The maximum Gasteiger partial charge on any atom is 0.406 e. The van der Waals surface area contributed by atoms with Gasteiger partial charge in [0.1, 0.15) is 5.82 Å². The maximum atomic E-state index is 13.0. The summed E-state index contributed by atoms with van der Waals surface area (Å²) < 4.78 is 14.6. The summed E-state index contributed by atoms with van der Waals surface area (Å²) in [6.45, 7) is 2.35. The number of imidazole rings is 1. The van der Waals surface area contributed by atoms with Gasteiger partial charge in [0, 0.05) is 13.6 Å². The van der Waals surface area contributed by atoms with Gasteiger partial charge < -0.3 is 15.4 Å². The lowest BCUT2D eigenvalue weighted by atomic mass is 10.1. The average molecular weight is 278 g/mol. The molecule has 0 saturated heterocycles. The van der Waals surface area contributed by atoms with Gasteiger partial charge in [-0.05, 0) is 46.5 Å². The van der Waals surface area contributed by atoms with Gasteiger partial charge in [-0.2, -0.15) is 0 Å². The third-order valence-corrected chi connectivity index (χ3v) is 3.08. The number of aryl methyl sites for hydroxylation is 2. The first-order chi connectivity index (χ1) is 9.49. The van der Waals surface area contributed by atoms with Crippen LogP contribution in [0.5, 0.6) is 0 Å². The van der Waals surface area contributed by atoms with Gasteiger partial charge in [-0.25, -0.2) is 4.39 Å². The van der Waals surface area contributed by atoms with Crippen LogP contribution in [0.2, 0.25) is 0 Å². The molecule has 2 aromatic rings. The van der Waals surface area contributed by atoms with Crippen LogP contribution in [-0.4, -0.2) is 21.0 Å². The summed E-state index contributed by atoms with van der Waals surface area (Å²) in [5.41, 5.74) is 1.87. The molecule has 0 saturated carbocycles. The number of rotatable bonds is 5. The summed E-state index contributed by atoms with van der Waals surface area (Å²) in [6, 6.07) is 4.61. The summed E-state index contributed by atoms with van der Waals surface area (Å²) >= 11 is 0. The topological polar surface area (TPSA) is 73.0 Å². The smallest absolute Gasteiger partial charge is 0.364 e. The van der Waals surface area contributed by atoms with Gasteiger partial charge in [-0.15, -0.1) is 0 Å². The molecule has 6 nitrogen and oxygen atoms in total. The Morgan fingerprint density at radius 3 is 2.90 bits per heavy atom. The number of nitro groups is 1. The molecule has 0 unspecified atom stereocenters. The zero-order chi connectivity index (χ0) is 14.7. The Morgan fingerprint density at radius 1 is 1.50 bits per heavy atom. The molecule has 0 radical (unpaired) electrons. The van der Waals surface area contributed by atoms with E-state index in [9.17, 15) is 14.5 Å². The van der Waals surface area contributed by atoms with E-state index in [0.717, 1.165) is 11.1 Å². The molecule has 106 valence electrons. The number of hydrogen-bond acceptors (Lipinski definition) is 4. The number of hydrogen-bond donors (Lipinski definition) is 1. The van der Waals surface area contributed by atoms with Crippen molar-refractivity contribution in [3.8, 4) is 0 Å². The fourth-order valence-electron chi connectivity index (χ4n) is 2.01. The predicted octanol–water partition coefficient (Wildman–Crippen LogP) is 2.43. The van der Waals surface area contributed by atoms with Gasteiger partial charge in [0.25, 0.3) is 0 Å². The first-order valence-electron chi connectivity index (χ1n) is 6.13. The van der Waals surface area contributed by atoms with Crippen molar-refractivity contribution in [2.24, 2.45) is 7.05 Å². The minimum absolute atomic E-state index is 0.191. The normalized spacial score (nSPS) is 10.6. The molecule has 0 atom stereocenters. The van der Waals surface area contributed by atoms with E-state index in [2.05, 4.69) is 10.3 Å². The Labute approximate surface area is 115 Å². The Kier molecular flexibility index (Phi) is 3.97. The summed E-state index contributed by atoms with van der Waals surface area (Å²) in [5.74, 6) is -0.0837. The summed E-state index contributed by atoms with van der Waals surface area (Å²) in [6.07, 6.45) is 2.04. The molecule has 1 aromatic carbocycles. The van der Waals surface area contributed by atoms with Crippen molar-refractivity contribution in [1.29, 1.82) is 0 Å². The quantitative estimate of drug-likeness (QED) is 0.673. The van der Waals surface area contributed by atoms with Crippen molar-refractivity contribution in [3.63, 3.8) is 0 Å². The predicted molar refractivity (Wildman–Crippen MR) is 73.2 cm³/mol.